The van der Waals surface area contributed by atoms with Crippen molar-refractivity contribution in [3.05, 3.63) is 47.5 Å². The summed E-state index contributed by atoms with van der Waals surface area (Å²) >= 11 is 0. The van der Waals surface area contributed by atoms with Crippen LogP contribution in [0.2, 0.25) is 0 Å². The number of rotatable bonds is 6. The van der Waals surface area contributed by atoms with Gasteiger partial charge in [-0.2, -0.15) is 0 Å². The molecule has 1 aromatic carbocycles. The number of pyridine rings is 1. The van der Waals surface area contributed by atoms with Crippen molar-refractivity contribution in [2.24, 2.45) is 0 Å². The Kier molecular flexibility index (Phi) is 6.41. The summed E-state index contributed by atoms with van der Waals surface area (Å²) in [4.78, 5) is 13.0. The van der Waals surface area contributed by atoms with Crippen LogP contribution in [0, 0.1) is 5.82 Å². The SMILES string of the molecule is COCc1cnc2ccc(-c3nc(N[C@@H]4CCOC[C@H]4O)ncc3F)cc2c1C(C)C. The van der Waals surface area contributed by atoms with Gasteiger partial charge >= 0.3 is 0 Å². The number of hydrogen-bond acceptors (Lipinski definition) is 7. The predicted molar refractivity (Wildman–Crippen MR) is 116 cm³/mol. The number of aromatic nitrogens is 3. The molecule has 0 saturated carbocycles. The Morgan fingerprint density at radius 2 is 2.13 bits per heavy atom. The molecular formula is C23H27FN4O3. The number of fused-ring (bicyclic) bond motifs is 1. The highest BCUT2D eigenvalue weighted by atomic mass is 19.1. The Morgan fingerprint density at radius 1 is 1.29 bits per heavy atom. The van der Waals surface area contributed by atoms with Crippen LogP contribution in [-0.2, 0) is 16.1 Å². The summed E-state index contributed by atoms with van der Waals surface area (Å²) in [5.41, 5.74) is 3.83. The normalized spacial score (nSPS) is 19.2. The number of nitrogens with one attached hydrogen (secondary N) is 1. The molecule has 0 radical (unpaired) electrons. The van der Waals surface area contributed by atoms with Gasteiger partial charge in [0.2, 0.25) is 5.95 Å². The molecule has 4 rings (SSSR count). The lowest BCUT2D eigenvalue weighted by atomic mass is 9.93. The van der Waals surface area contributed by atoms with Gasteiger partial charge in [-0.25, -0.2) is 14.4 Å². The van der Waals surface area contributed by atoms with Crippen LogP contribution in [0.4, 0.5) is 10.3 Å². The van der Waals surface area contributed by atoms with Gasteiger partial charge in [0.05, 0.1) is 37.1 Å². The summed E-state index contributed by atoms with van der Waals surface area (Å²) in [7, 11) is 1.66. The van der Waals surface area contributed by atoms with E-state index in [9.17, 15) is 9.50 Å². The lowest BCUT2D eigenvalue weighted by Crippen LogP contribution is -2.42. The van der Waals surface area contributed by atoms with Crippen molar-refractivity contribution in [2.75, 3.05) is 25.6 Å². The second-order valence-electron chi connectivity index (χ2n) is 8.09. The van der Waals surface area contributed by atoms with E-state index in [1.807, 2.05) is 24.4 Å². The van der Waals surface area contributed by atoms with E-state index in [1.54, 1.807) is 7.11 Å². The minimum atomic E-state index is -0.662. The molecule has 1 saturated heterocycles. The largest absolute Gasteiger partial charge is 0.389 e. The molecule has 1 fully saturated rings. The van der Waals surface area contributed by atoms with E-state index < -0.39 is 11.9 Å². The van der Waals surface area contributed by atoms with Gasteiger partial charge in [-0.3, -0.25) is 4.98 Å². The van der Waals surface area contributed by atoms with Crippen LogP contribution in [-0.4, -0.2) is 52.5 Å². The van der Waals surface area contributed by atoms with Gasteiger partial charge in [0.15, 0.2) is 5.82 Å². The van der Waals surface area contributed by atoms with E-state index in [-0.39, 0.29) is 30.2 Å². The molecule has 0 bridgehead atoms. The Hall–Kier alpha value is -2.68. The molecular weight excluding hydrogens is 399 g/mol. The number of hydrogen-bond donors (Lipinski definition) is 2. The van der Waals surface area contributed by atoms with Gasteiger partial charge in [-0.05, 0) is 30.0 Å². The Balaban J connectivity index is 1.74. The topological polar surface area (TPSA) is 89.4 Å². The highest BCUT2D eigenvalue weighted by Crippen LogP contribution is 2.32. The first kappa shape index (κ1) is 21.5. The molecule has 0 spiro atoms. The number of benzene rings is 1. The summed E-state index contributed by atoms with van der Waals surface area (Å²) in [5, 5.41) is 14.2. The van der Waals surface area contributed by atoms with E-state index in [0.717, 1.165) is 28.2 Å². The Bertz CT molecular complexity index is 1080. The van der Waals surface area contributed by atoms with Crippen molar-refractivity contribution >= 4 is 16.9 Å². The number of anilines is 1. The first-order chi connectivity index (χ1) is 15.0. The summed E-state index contributed by atoms with van der Waals surface area (Å²) in [6.07, 6.45) is 2.96. The fraction of sp³-hybridized carbons (Fsp3) is 0.435. The molecule has 1 aliphatic rings. The van der Waals surface area contributed by atoms with Crippen LogP contribution in [0.15, 0.2) is 30.6 Å². The third-order valence-corrected chi connectivity index (χ3v) is 5.53. The minimum Gasteiger partial charge on any atom is -0.389 e. The molecule has 1 aliphatic heterocycles. The lowest BCUT2D eigenvalue weighted by molar-refractivity contribution is -0.0136. The van der Waals surface area contributed by atoms with Crippen LogP contribution in [0.25, 0.3) is 22.2 Å². The second-order valence-corrected chi connectivity index (χ2v) is 8.09. The van der Waals surface area contributed by atoms with Crippen molar-refractivity contribution in [2.45, 2.75) is 44.9 Å². The Labute approximate surface area is 180 Å². The summed E-state index contributed by atoms with van der Waals surface area (Å²) in [6.45, 7) is 5.50. The van der Waals surface area contributed by atoms with Gasteiger partial charge in [0.1, 0.15) is 5.69 Å². The number of nitrogens with zero attached hydrogens (tertiary/aromatic N) is 3. The number of halogens is 1. The van der Waals surface area contributed by atoms with Crippen LogP contribution in [0.1, 0.15) is 37.3 Å². The molecule has 0 unspecified atom stereocenters. The molecule has 164 valence electrons. The summed E-state index contributed by atoms with van der Waals surface area (Å²) in [6, 6.07) is 5.38. The van der Waals surface area contributed by atoms with Crippen LogP contribution < -0.4 is 5.32 Å². The molecule has 3 heterocycles. The lowest BCUT2D eigenvalue weighted by Gasteiger charge is -2.28. The number of ether oxygens (including phenoxy) is 2. The summed E-state index contributed by atoms with van der Waals surface area (Å²) in [5.74, 6) is 0.00991. The number of methoxy groups -OCH3 is 1. The standard InChI is InChI=1S/C23H27FN4O3/c1-13(2)21-15(11-30-3)9-25-18-5-4-14(8-16(18)21)22-17(24)10-26-23(28-22)27-19-6-7-31-12-20(19)29/h4-5,8-10,13,19-20,29H,6-7,11-12H2,1-3H3,(H,26,27,28)/t19-,20-/m1/s1. The first-order valence-electron chi connectivity index (χ1n) is 10.4. The van der Waals surface area contributed by atoms with Crippen LogP contribution in [0.3, 0.4) is 0 Å². The molecule has 2 atom stereocenters. The first-order valence-corrected chi connectivity index (χ1v) is 10.4. The fourth-order valence-corrected chi connectivity index (χ4v) is 4.05. The van der Waals surface area contributed by atoms with Crippen molar-refractivity contribution in [3.63, 3.8) is 0 Å². The van der Waals surface area contributed by atoms with Crippen molar-refractivity contribution in [1.29, 1.82) is 0 Å². The highest BCUT2D eigenvalue weighted by Gasteiger charge is 2.24. The highest BCUT2D eigenvalue weighted by molar-refractivity contribution is 5.88. The number of aliphatic hydroxyl groups excluding tert-OH is 1. The monoisotopic (exact) mass is 426 g/mol. The third-order valence-electron chi connectivity index (χ3n) is 5.53. The zero-order valence-corrected chi connectivity index (χ0v) is 17.9. The average molecular weight is 426 g/mol. The molecule has 0 amide bonds. The maximum Gasteiger partial charge on any atom is 0.223 e. The van der Waals surface area contributed by atoms with Crippen LogP contribution in [0.5, 0.6) is 0 Å². The van der Waals surface area contributed by atoms with Gasteiger partial charge in [0.25, 0.3) is 0 Å². The third kappa shape index (κ3) is 4.51. The molecule has 2 aromatic heterocycles. The average Bonchev–Trinajstić information content (AvgIpc) is 2.76. The molecule has 8 heteroatoms. The van der Waals surface area contributed by atoms with E-state index in [0.29, 0.717) is 25.2 Å². The van der Waals surface area contributed by atoms with Crippen molar-refractivity contribution < 1.29 is 19.0 Å². The van der Waals surface area contributed by atoms with E-state index in [2.05, 4.69) is 34.1 Å². The second kappa shape index (κ2) is 9.21. The number of aliphatic hydroxyl groups is 1. The molecule has 31 heavy (non-hydrogen) atoms. The maximum absolute atomic E-state index is 14.7. The Morgan fingerprint density at radius 3 is 2.87 bits per heavy atom. The maximum atomic E-state index is 14.7. The molecule has 0 aliphatic carbocycles. The van der Waals surface area contributed by atoms with E-state index in [1.165, 1.54) is 0 Å². The van der Waals surface area contributed by atoms with Crippen LogP contribution >= 0.6 is 0 Å². The zero-order chi connectivity index (χ0) is 22.0. The predicted octanol–water partition coefficient (Wildman–Crippen LogP) is 3.66. The van der Waals surface area contributed by atoms with Crippen molar-refractivity contribution in [1.82, 2.24) is 15.0 Å². The smallest absolute Gasteiger partial charge is 0.223 e. The fourth-order valence-electron chi connectivity index (χ4n) is 4.05. The molecule has 2 N–H and O–H groups in total. The molecule has 3 aromatic rings. The molecule has 7 nitrogen and oxygen atoms in total. The zero-order valence-electron chi connectivity index (χ0n) is 17.9. The van der Waals surface area contributed by atoms with Gasteiger partial charge in [0, 0.05) is 36.4 Å². The summed E-state index contributed by atoms with van der Waals surface area (Å²) < 4.78 is 25.3. The van der Waals surface area contributed by atoms with Gasteiger partial charge < -0.3 is 19.9 Å². The minimum absolute atomic E-state index is 0.202. The van der Waals surface area contributed by atoms with Gasteiger partial charge in [-0.15, -0.1) is 0 Å². The quantitative estimate of drug-likeness (QED) is 0.622. The van der Waals surface area contributed by atoms with E-state index >= 15 is 0 Å². The van der Waals surface area contributed by atoms with Gasteiger partial charge in [-0.1, -0.05) is 19.9 Å². The van der Waals surface area contributed by atoms with Crippen molar-refractivity contribution in [3.8, 4) is 11.3 Å². The van der Waals surface area contributed by atoms with E-state index in [4.69, 9.17) is 9.47 Å².